The van der Waals surface area contributed by atoms with E-state index >= 15 is 0 Å². The minimum absolute atomic E-state index is 0.0431. The molecule has 7 heteroatoms. The average molecular weight is 372 g/mol. The van der Waals surface area contributed by atoms with Crippen LogP contribution in [0.4, 0.5) is 0 Å². The molecule has 0 amide bonds. The van der Waals surface area contributed by atoms with Crippen molar-refractivity contribution < 1.29 is 34.0 Å². The quantitative estimate of drug-likeness (QED) is 0.742. The van der Waals surface area contributed by atoms with Crippen LogP contribution in [0.1, 0.15) is 27.1 Å². The number of aliphatic hydroxyl groups is 2. The number of esters is 2. The molecule has 1 aliphatic heterocycles. The summed E-state index contributed by atoms with van der Waals surface area (Å²) in [6, 6.07) is 16.7. The van der Waals surface area contributed by atoms with Crippen LogP contribution in [0.5, 0.6) is 0 Å². The van der Waals surface area contributed by atoms with Crippen molar-refractivity contribution in [2.75, 3.05) is 13.2 Å². The number of carbonyl (C=O) groups excluding carboxylic acids is 2. The summed E-state index contributed by atoms with van der Waals surface area (Å²) in [5, 5.41) is 20.5. The van der Waals surface area contributed by atoms with Crippen molar-refractivity contribution in [1.82, 2.24) is 0 Å². The smallest absolute Gasteiger partial charge is 0.338 e. The summed E-state index contributed by atoms with van der Waals surface area (Å²) in [7, 11) is 0. The first-order chi connectivity index (χ1) is 13.0. The Hall–Kier alpha value is -2.74. The molecule has 3 rings (SSSR count). The molecule has 0 aromatic heterocycles. The molecule has 1 aliphatic rings. The van der Waals surface area contributed by atoms with Crippen LogP contribution in [0.2, 0.25) is 0 Å². The topological polar surface area (TPSA) is 102 Å². The van der Waals surface area contributed by atoms with E-state index in [1.165, 1.54) is 0 Å². The summed E-state index contributed by atoms with van der Waals surface area (Å²) in [5.41, 5.74) is 0.713. The zero-order valence-corrected chi connectivity index (χ0v) is 14.5. The van der Waals surface area contributed by atoms with Gasteiger partial charge in [0.05, 0.1) is 17.2 Å². The normalized spacial score (nSPS) is 24.4. The zero-order valence-electron chi connectivity index (χ0n) is 14.5. The molecule has 0 bridgehead atoms. The van der Waals surface area contributed by atoms with Gasteiger partial charge in [-0.05, 0) is 24.3 Å². The van der Waals surface area contributed by atoms with E-state index < -0.39 is 36.5 Å². The fourth-order valence-electron chi connectivity index (χ4n) is 2.73. The van der Waals surface area contributed by atoms with Crippen LogP contribution in [0.3, 0.4) is 0 Å². The highest BCUT2D eigenvalue weighted by Gasteiger charge is 2.48. The van der Waals surface area contributed by atoms with E-state index in [-0.39, 0.29) is 13.0 Å². The fraction of sp³-hybridized carbons (Fsp3) is 0.300. The van der Waals surface area contributed by atoms with E-state index in [1.54, 1.807) is 60.7 Å². The fourth-order valence-corrected chi connectivity index (χ4v) is 2.73. The third kappa shape index (κ3) is 4.71. The van der Waals surface area contributed by atoms with Gasteiger partial charge in [-0.3, -0.25) is 0 Å². The maximum Gasteiger partial charge on any atom is 0.338 e. The van der Waals surface area contributed by atoms with Crippen LogP contribution in [0, 0.1) is 0 Å². The van der Waals surface area contributed by atoms with Crippen LogP contribution in [-0.4, -0.2) is 53.4 Å². The first-order valence-electron chi connectivity index (χ1n) is 8.50. The third-order valence-corrected chi connectivity index (χ3v) is 4.21. The molecule has 2 aromatic rings. The number of rotatable bonds is 6. The Kier molecular flexibility index (Phi) is 5.85. The molecule has 0 saturated carbocycles. The minimum atomic E-state index is -2.05. The monoisotopic (exact) mass is 372 g/mol. The highest BCUT2D eigenvalue weighted by molar-refractivity contribution is 5.89. The van der Waals surface area contributed by atoms with Gasteiger partial charge in [0.25, 0.3) is 0 Å². The van der Waals surface area contributed by atoms with Crippen molar-refractivity contribution >= 4 is 11.9 Å². The summed E-state index contributed by atoms with van der Waals surface area (Å²) in [6.07, 6.45) is -1.95. The molecule has 0 aliphatic carbocycles. The molecule has 1 heterocycles. The number of benzene rings is 2. The van der Waals surface area contributed by atoms with E-state index in [2.05, 4.69) is 0 Å². The first kappa shape index (κ1) is 19.0. The second-order valence-corrected chi connectivity index (χ2v) is 6.24. The SMILES string of the molecule is O=C(OC[C@@H]1C[C@H](O)C(O)(COC(=O)c2ccccc2)O1)c1ccccc1. The number of hydrogen-bond acceptors (Lipinski definition) is 7. The lowest BCUT2D eigenvalue weighted by molar-refractivity contribution is -0.247. The molecule has 0 radical (unpaired) electrons. The summed E-state index contributed by atoms with van der Waals surface area (Å²) >= 11 is 0. The third-order valence-electron chi connectivity index (χ3n) is 4.21. The molecule has 3 atom stereocenters. The van der Waals surface area contributed by atoms with Gasteiger partial charge in [-0.15, -0.1) is 0 Å². The van der Waals surface area contributed by atoms with Crippen molar-refractivity contribution in [2.24, 2.45) is 0 Å². The number of ether oxygens (including phenoxy) is 3. The van der Waals surface area contributed by atoms with Crippen molar-refractivity contribution in [2.45, 2.75) is 24.4 Å². The number of hydrogen-bond donors (Lipinski definition) is 2. The van der Waals surface area contributed by atoms with Gasteiger partial charge in [-0.25, -0.2) is 9.59 Å². The maximum absolute atomic E-state index is 12.0. The molecular formula is C20H20O7. The largest absolute Gasteiger partial charge is 0.459 e. The Morgan fingerprint density at radius 2 is 1.48 bits per heavy atom. The van der Waals surface area contributed by atoms with Crippen LogP contribution in [-0.2, 0) is 14.2 Å². The Labute approximate surface area is 156 Å². The van der Waals surface area contributed by atoms with E-state index in [0.717, 1.165) is 0 Å². The first-order valence-corrected chi connectivity index (χ1v) is 8.50. The second-order valence-electron chi connectivity index (χ2n) is 6.24. The van der Waals surface area contributed by atoms with Gasteiger partial charge in [-0.2, -0.15) is 0 Å². The van der Waals surface area contributed by atoms with Gasteiger partial charge in [0.1, 0.15) is 19.3 Å². The van der Waals surface area contributed by atoms with E-state index in [9.17, 15) is 19.8 Å². The van der Waals surface area contributed by atoms with Gasteiger partial charge < -0.3 is 24.4 Å². The van der Waals surface area contributed by atoms with Crippen LogP contribution >= 0.6 is 0 Å². The highest BCUT2D eigenvalue weighted by atomic mass is 16.7. The van der Waals surface area contributed by atoms with E-state index in [4.69, 9.17) is 14.2 Å². The van der Waals surface area contributed by atoms with Crippen molar-refractivity contribution in [3.8, 4) is 0 Å². The standard InChI is InChI=1S/C20H20O7/c21-17-11-16(12-25-18(22)14-7-3-1-4-8-14)27-20(17,24)13-26-19(23)15-9-5-2-6-10-15/h1-10,16-17,21,24H,11-13H2/t16-,17-,20?/m0/s1. The predicted molar refractivity (Wildman–Crippen MR) is 93.9 cm³/mol. The Morgan fingerprint density at radius 3 is 2.04 bits per heavy atom. The molecule has 7 nitrogen and oxygen atoms in total. The molecule has 1 unspecified atom stereocenters. The molecule has 0 spiro atoms. The second kappa shape index (κ2) is 8.30. The Morgan fingerprint density at radius 1 is 0.963 bits per heavy atom. The molecule has 142 valence electrons. The maximum atomic E-state index is 12.0. The van der Waals surface area contributed by atoms with E-state index in [1.807, 2.05) is 0 Å². The molecule has 1 saturated heterocycles. The number of aliphatic hydroxyl groups excluding tert-OH is 1. The van der Waals surface area contributed by atoms with Crippen LogP contribution in [0.15, 0.2) is 60.7 Å². The summed E-state index contributed by atoms with van der Waals surface area (Å²) < 4.78 is 15.6. The molecular weight excluding hydrogens is 352 g/mol. The van der Waals surface area contributed by atoms with Crippen LogP contribution in [0.25, 0.3) is 0 Å². The van der Waals surface area contributed by atoms with Gasteiger partial charge in [0, 0.05) is 6.42 Å². The van der Waals surface area contributed by atoms with Gasteiger partial charge >= 0.3 is 11.9 Å². The molecule has 2 N–H and O–H groups in total. The molecule has 27 heavy (non-hydrogen) atoms. The average Bonchev–Trinajstić information content (AvgIpc) is 2.99. The summed E-state index contributed by atoms with van der Waals surface area (Å²) in [6.45, 7) is -0.676. The summed E-state index contributed by atoms with van der Waals surface area (Å²) in [5.74, 6) is -3.22. The highest BCUT2D eigenvalue weighted by Crippen LogP contribution is 2.29. The number of carbonyl (C=O) groups is 2. The molecule has 2 aromatic carbocycles. The Bertz CT molecular complexity index is 777. The van der Waals surface area contributed by atoms with E-state index in [0.29, 0.717) is 11.1 Å². The van der Waals surface area contributed by atoms with Crippen molar-refractivity contribution in [3.05, 3.63) is 71.8 Å². The zero-order chi connectivity index (χ0) is 19.3. The summed E-state index contributed by atoms with van der Waals surface area (Å²) in [4.78, 5) is 23.9. The van der Waals surface area contributed by atoms with Gasteiger partial charge in [0.2, 0.25) is 5.79 Å². The lowest BCUT2D eigenvalue weighted by atomic mass is 10.1. The lowest BCUT2D eigenvalue weighted by Crippen LogP contribution is -2.44. The van der Waals surface area contributed by atoms with Crippen molar-refractivity contribution in [3.63, 3.8) is 0 Å². The van der Waals surface area contributed by atoms with Crippen LogP contribution < -0.4 is 0 Å². The minimum Gasteiger partial charge on any atom is -0.459 e. The van der Waals surface area contributed by atoms with Gasteiger partial charge in [-0.1, -0.05) is 36.4 Å². The molecule has 1 fully saturated rings. The predicted octanol–water partition coefficient (Wildman–Crippen LogP) is 1.54. The lowest BCUT2D eigenvalue weighted by Gasteiger charge is -2.25. The van der Waals surface area contributed by atoms with Crippen molar-refractivity contribution in [1.29, 1.82) is 0 Å². The Balaban J connectivity index is 1.51. The van der Waals surface area contributed by atoms with Gasteiger partial charge in [0.15, 0.2) is 0 Å².